The van der Waals surface area contributed by atoms with Crippen LogP contribution in [0.5, 0.6) is 0 Å². The number of aliphatic hydroxyl groups is 1. The van der Waals surface area contributed by atoms with Gasteiger partial charge in [0.05, 0.1) is 31.6 Å². The van der Waals surface area contributed by atoms with Crippen molar-refractivity contribution in [3.05, 3.63) is 42.0 Å². The number of aliphatic hydroxyl groups excluding tert-OH is 1. The smallest absolute Gasteiger partial charge is 0.319 e. The van der Waals surface area contributed by atoms with Crippen molar-refractivity contribution in [1.82, 2.24) is 20.3 Å². The molecule has 0 unspecified atom stereocenters. The van der Waals surface area contributed by atoms with Crippen LogP contribution in [0.1, 0.15) is 25.0 Å². The summed E-state index contributed by atoms with van der Waals surface area (Å²) in [6, 6.07) is 4.77. The van der Waals surface area contributed by atoms with Crippen molar-refractivity contribution in [3.8, 4) is 0 Å². The molecule has 1 aliphatic heterocycles. The molecule has 1 aliphatic rings. The van der Waals surface area contributed by atoms with Crippen LogP contribution < -0.4 is 10.6 Å². The SMILES string of the molecule is COCc1cn(CC[C@@H]2CC[C@H](NC(=O)Nc3ccc(F)cc3)[C@H](CO)O2)nn1. The van der Waals surface area contributed by atoms with Crippen molar-refractivity contribution in [3.63, 3.8) is 0 Å². The number of hydrogen-bond acceptors (Lipinski definition) is 6. The van der Waals surface area contributed by atoms with E-state index in [-0.39, 0.29) is 24.6 Å². The van der Waals surface area contributed by atoms with Gasteiger partial charge in [-0.2, -0.15) is 0 Å². The quantitative estimate of drug-likeness (QED) is 0.614. The summed E-state index contributed by atoms with van der Waals surface area (Å²) in [4.78, 5) is 12.2. The minimum absolute atomic E-state index is 0.0413. The third-order valence-corrected chi connectivity index (χ3v) is 4.77. The van der Waals surface area contributed by atoms with Gasteiger partial charge in [0.25, 0.3) is 0 Å². The molecule has 3 N–H and O–H groups in total. The number of aromatic nitrogens is 3. The highest BCUT2D eigenvalue weighted by molar-refractivity contribution is 5.89. The van der Waals surface area contributed by atoms with E-state index in [4.69, 9.17) is 9.47 Å². The maximum Gasteiger partial charge on any atom is 0.319 e. The molecule has 1 aromatic carbocycles. The van der Waals surface area contributed by atoms with Crippen molar-refractivity contribution in [2.45, 2.75) is 50.7 Å². The molecule has 0 saturated carbocycles. The number of anilines is 1. The molecule has 0 aliphatic carbocycles. The molecule has 3 atom stereocenters. The fourth-order valence-corrected chi connectivity index (χ4v) is 3.32. The first-order valence-corrected chi connectivity index (χ1v) is 9.54. The van der Waals surface area contributed by atoms with Crippen LogP contribution in [0.25, 0.3) is 0 Å². The zero-order valence-electron chi connectivity index (χ0n) is 16.3. The van der Waals surface area contributed by atoms with E-state index in [9.17, 15) is 14.3 Å². The van der Waals surface area contributed by atoms with Gasteiger partial charge in [0.15, 0.2) is 0 Å². The van der Waals surface area contributed by atoms with Crippen LogP contribution in [0.15, 0.2) is 30.5 Å². The number of carbonyl (C=O) groups excluding carboxylic acids is 1. The maximum absolute atomic E-state index is 13.0. The van der Waals surface area contributed by atoms with Crippen LogP contribution in [0, 0.1) is 5.82 Å². The molecule has 29 heavy (non-hydrogen) atoms. The Morgan fingerprint density at radius 1 is 1.38 bits per heavy atom. The van der Waals surface area contributed by atoms with E-state index in [0.29, 0.717) is 25.3 Å². The van der Waals surface area contributed by atoms with Gasteiger partial charge in [0.1, 0.15) is 17.6 Å². The van der Waals surface area contributed by atoms with E-state index in [1.54, 1.807) is 11.8 Å². The second kappa shape index (κ2) is 10.3. The fraction of sp³-hybridized carbons (Fsp3) is 0.526. The summed E-state index contributed by atoms with van der Waals surface area (Å²) in [5, 5.41) is 23.2. The Hall–Kier alpha value is -2.56. The van der Waals surface area contributed by atoms with Gasteiger partial charge >= 0.3 is 6.03 Å². The Morgan fingerprint density at radius 2 is 2.17 bits per heavy atom. The molecule has 1 aromatic heterocycles. The normalized spacial score (nSPS) is 21.7. The molecule has 0 spiro atoms. The van der Waals surface area contributed by atoms with Crippen LogP contribution in [0.4, 0.5) is 14.9 Å². The summed E-state index contributed by atoms with van der Waals surface area (Å²) in [6.45, 7) is 0.863. The number of amides is 2. The van der Waals surface area contributed by atoms with E-state index in [1.807, 2.05) is 6.20 Å². The lowest BCUT2D eigenvalue weighted by Gasteiger charge is -2.36. The van der Waals surface area contributed by atoms with Crippen molar-refractivity contribution in [1.29, 1.82) is 0 Å². The fourth-order valence-electron chi connectivity index (χ4n) is 3.32. The van der Waals surface area contributed by atoms with Crippen LogP contribution in [0.2, 0.25) is 0 Å². The van der Waals surface area contributed by atoms with Gasteiger partial charge in [0.2, 0.25) is 0 Å². The van der Waals surface area contributed by atoms with Crippen LogP contribution in [-0.4, -0.2) is 58.1 Å². The van der Waals surface area contributed by atoms with Crippen LogP contribution >= 0.6 is 0 Å². The Balaban J connectivity index is 1.45. The standard InChI is InChI=1S/C19H26FN5O4/c1-28-12-15-10-25(24-23-15)9-8-16-6-7-17(18(11-26)29-16)22-19(27)21-14-4-2-13(20)3-5-14/h2-5,10,16-18,26H,6-9,11-12H2,1H3,(H2,21,22,27)/t16-,17-,18-/m0/s1. The first kappa shape index (κ1) is 21.2. The van der Waals surface area contributed by atoms with Gasteiger partial charge < -0.3 is 25.2 Å². The van der Waals surface area contributed by atoms with Gasteiger partial charge in [-0.15, -0.1) is 5.10 Å². The summed E-state index contributed by atoms with van der Waals surface area (Å²) in [7, 11) is 1.61. The Morgan fingerprint density at radius 3 is 2.90 bits per heavy atom. The molecule has 10 heteroatoms. The Bertz CT molecular complexity index is 785. The minimum Gasteiger partial charge on any atom is -0.394 e. The van der Waals surface area contributed by atoms with E-state index >= 15 is 0 Å². The molecule has 9 nitrogen and oxygen atoms in total. The molecular weight excluding hydrogens is 381 g/mol. The minimum atomic E-state index is -0.493. The molecule has 158 valence electrons. The lowest BCUT2D eigenvalue weighted by atomic mass is 9.97. The monoisotopic (exact) mass is 407 g/mol. The van der Waals surface area contributed by atoms with E-state index < -0.39 is 12.1 Å². The highest BCUT2D eigenvalue weighted by atomic mass is 19.1. The zero-order valence-corrected chi connectivity index (χ0v) is 16.3. The van der Waals surface area contributed by atoms with Crippen molar-refractivity contribution >= 4 is 11.7 Å². The second-order valence-corrected chi connectivity index (χ2v) is 6.96. The number of methoxy groups -OCH3 is 1. The number of nitrogens with one attached hydrogen (secondary N) is 2. The molecular formula is C19H26FN5O4. The lowest BCUT2D eigenvalue weighted by Crippen LogP contribution is -2.52. The van der Waals surface area contributed by atoms with Gasteiger partial charge in [-0.1, -0.05) is 5.21 Å². The molecule has 1 saturated heterocycles. The van der Waals surface area contributed by atoms with E-state index in [0.717, 1.165) is 18.5 Å². The highest BCUT2D eigenvalue weighted by Gasteiger charge is 2.31. The van der Waals surface area contributed by atoms with E-state index in [2.05, 4.69) is 20.9 Å². The van der Waals surface area contributed by atoms with Crippen LogP contribution in [-0.2, 0) is 22.6 Å². The largest absolute Gasteiger partial charge is 0.394 e. The van der Waals surface area contributed by atoms with Gasteiger partial charge in [-0.05, 0) is 43.5 Å². The second-order valence-electron chi connectivity index (χ2n) is 6.96. The number of ether oxygens (including phenoxy) is 2. The van der Waals surface area contributed by atoms with Gasteiger partial charge in [-0.3, -0.25) is 4.68 Å². The number of hydrogen-bond donors (Lipinski definition) is 3. The summed E-state index contributed by atoms with van der Waals surface area (Å²) in [5.41, 5.74) is 1.25. The predicted octanol–water partition coefficient (Wildman–Crippen LogP) is 1.68. The highest BCUT2D eigenvalue weighted by Crippen LogP contribution is 2.22. The number of nitrogens with zero attached hydrogens (tertiary/aromatic N) is 3. The molecule has 2 heterocycles. The first-order valence-electron chi connectivity index (χ1n) is 9.54. The third-order valence-electron chi connectivity index (χ3n) is 4.77. The predicted molar refractivity (Wildman–Crippen MR) is 103 cm³/mol. The summed E-state index contributed by atoms with van der Waals surface area (Å²) in [6.07, 6.45) is 3.45. The number of aryl methyl sites for hydroxylation is 1. The topological polar surface area (TPSA) is 111 Å². The molecule has 0 bridgehead atoms. The molecule has 1 fully saturated rings. The van der Waals surface area contributed by atoms with Gasteiger partial charge in [0, 0.05) is 19.3 Å². The first-order chi connectivity index (χ1) is 14.1. The Labute approximate surface area is 168 Å². The number of benzene rings is 1. The number of halogens is 1. The molecule has 3 rings (SSSR count). The average molecular weight is 407 g/mol. The molecule has 2 amide bonds. The number of urea groups is 1. The maximum atomic E-state index is 13.0. The zero-order chi connectivity index (χ0) is 20.6. The van der Waals surface area contributed by atoms with Crippen molar-refractivity contribution in [2.24, 2.45) is 0 Å². The van der Waals surface area contributed by atoms with Gasteiger partial charge in [-0.25, -0.2) is 9.18 Å². The third kappa shape index (κ3) is 6.21. The Kier molecular flexibility index (Phi) is 7.50. The lowest BCUT2D eigenvalue weighted by molar-refractivity contribution is -0.0905. The summed E-state index contributed by atoms with van der Waals surface area (Å²) < 4.78 is 25.7. The van der Waals surface area contributed by atoms with Crippen molar-refractivity contribution in [2.75, 3.05) is 19.0 Å². The number of carbonyl (C=O) groups is 1. The average Bonchev–Trinajstić information content (AvgIpc) is 3.16. The van der Waals surface area contributed by atoms with Crippen molar-refractivity contribution < 1.29 is 23.8 Å². The summed E-state index contributed by atoms with van der Waals surface area (Å²) in [5.74, 6) is -0.371. The van der Waals surface area contributed by atoms with Crippen LogP contribution in [0.3, 0.4) is 0 Å². The number of rotatable bonds is 8. The summed E-state index contributed by atoms with van der Waals surface area (Å²) >= 11 is 0. The molecule has 2 aromatic rings. The van der Waals surface area contributed by atoms with E-state index in [1.165, 1.54) is 24.3 Å². The molecule has 0 radical (unpaired) electrons.